The second kappa shape index (κ2) is 15.2. The van der Waals surface area contributed by atoms with Gasteiger partial charge < -0.3 is 9.64 Å². The number of nitrogens with zero attached hydrogens (tertiary/aromatic N) is 1. The summed E-state index contributed by atoms with van der Waals surface area (Å²) in [5.41, 5.74) is 0. The molecule has 0 spiro atoms. The SMILES string of the molecule is CCCCCCCCCC(CCCCCCCC)N(C)CC1CO1. The quantitative estimate of drug-likeness (QED) is 0.207. The van der Waals surface area contributed by atoms with Gasteiger partial charge in [-0.2, -0.15) is 0 Å². The highest BCUT2D eigenvalue weighted by molar-refractivity contribution is 4.78. The topological polar surface area (TPSA) is 15.8 Å². The first-order valence-electron chi connectivity index (χ1n) is 11.1. The fraction of sp³-hybridized carbons (Fsp3) is 1.00. The molecule has 1 fully saturated rings. The van der Waals surface area contributed by atoms with Gasteiger partial charge in [-0.1, -0.05) is 97.3 Å². The first kappa shape index (κ1) is 22.0. The zero-order valence-electron chi connectivity index (χ0n) is 17.0. The van der Waals surface area contributed by atoms with Crippen LogP contribution in [0.25, 0.3) is 0 Å². The molecule has 2 unspecified atom stereocenters. The lowest BCUT2D eigenvalue weighted by Crippen LogP contribution is -2.34. The maximum atomic E-state index is 5.44. The molecule has 1 heterocycles. The summed E-state index contributed by atoms with van der Waals surface area (Å²) in [5, 5.41) is 0. The number of unbranched alkanes of at least 4 members (excludes halogenated alkanes) is 11. The van der Waals surface area contributed by atoms with E-state index >= 15 is 0 Å². The molecule has 0 bridgehead atoms. The molecule has 144 valence electrons. The fourth-order valence-corrected chi connectivity index (χ4v) is 3.73. The number of epoxide rings is 1. The van der Waals surface area contributed by atoms with Gasteiger partial charge in [0.1, 0.15) is 0 Å². The van der Waals surface area contributed by atoms with E-state index in [-0.39, 0.29) is 0 Å². The molecule has 0 aromatic carbocycles. The maximum absolute atomic E-state index is 5.44. The van der Waals surface area contributed by atoms with Crippen LogP contribution < -0.4 is 0 Å². The van der Waals surface area contributed by atoms with Crippen molar-refractivity contribution < 1.29 is 4.74 Å². The van der Waals surface area contributed by atoms with E-state index in [1.807, 2.05) is 0 Å². The van der Waals surface area contributed by atoms with Gasteiger partial charge in [-0.05, 0) is 19.9 Å². The lowest BCUT2D eigenvalue weighted by atomic mass is 9.99. The maximum Gasteiger partial charge on any atom is 0.0936 e. The molecule has 1 aliphatic heterocycles. The molecule has 0 amide bonds. The normalized spacial score (nSPS) is 18.2. The molecule has 0 N–H and O–H groups in total. The van der Waals surface area contributed by atoms with Crippen LogP contribution in [0.5, 0.6) is 0 Å². The van der Waals surface area contributed by atoms with Crippen molar-refractivity contribution in [1.82, 2.24) is 4.90 Å². The minimum absolute atomic E-state index is 0.538. The van der Waals surface area contributed by atoms with Crippen molar-refractivity contribution in [2.75, 3.05) is 20.2 Å². The van der Waals surface area contributed by atoms with E-state index < -0.39 is 0 Å². The molecule has 2 nitrogen and oxygen atoms in total. The number of hydrogen-bond acceptors (Lipinski definition) is 2. The van der Waals surface area contributed by atoms with E-state index in [1.165, 1.54) is 96.3 Å². The Morgan fingerprint density at radius 3 is 1.58 bits per heavy atom. The zero-order valence-corrected chi connectivity index (χ0v) is 17.0. The second-order valence-electron chi connectivity index (χ2n) is 8.02. The number of likely N-dealkylation sites (N-methyl/N-ethyl adjacent to an activating group) is 1. The molecule has 24 heavy (non-hydrogen) atoms. The van der Waals surface area contributed by atoms with Gasteiger partial charge in [0, 0.05) is 12.6 Å². The standard InChI is InChI=1S/C22H45NO/c1-4-6-8-10-12-14-16-18-21(23(3)19-22-20-24-22)17-15-13-11-9-7-5-2/h21-22H,4-20H2,1-3H3. The summed E-state index contributed by atoms with van der Waals surface area (Å²) < 4.78 is 5.44. The molecule has 0 aromatic rings. The predicted molar refractivity (Wildman–Crippen MR) is 107 cm³/mol. The Labute approximate surface area is 152 Å². The first-order valence-corrected chi connectivity index (χ1v) is 11.1. The highest BCUT2D eigenvalue weighted by atomic mass is 16.6. The van der Waals surface area contributed by atoms with Crippen molar-refractivity contribution in [3.63, 3.8) is 0 Å². The summed E-state index contributed by atoms with van der Waals surface area (Å²) in [7, 11) is 2.32. The van der Waals surface area contributed by atoms with E-state index in [0.29, 0.717) is 6.10 Å². The van der Waals surface area contributed by atoms with Crippen LogP contribution >= 0.6 is 0 Å². The molecular weight excluding hydrogens is 294 g/mol. The van der Waals surface area contributed by atoms with Crippen LogP contribution in [0.1, 0.15) is 110 Å². The number of rotatable bonds is 18. The Balaban J connectivity index is 2.12. The monoisotopic (exact) mass is 339 g/mol. The molecule has 2 atom stereocenters. The van der Waals surface area contributed by atoms with Crippen LogP contribution in [0.15, 0.2) is 0 Å². The zero-order chi connectivity index (χ0) is 17.5. The van der Waals surface area contributed by atoms with Crippen molar-refractivity contribution in [1.29, 1.82) is 0 Å². The molecule has 2 heteroatoms. The average molecular weight is 340 g/mol. The first-order chi connectivity index (χ1) is 11.8. The van der Waals surface area contributed by atoms with Gasteiger partial charge in [0.2, 0.25) is 0 Å². The largest absolute Gasteiger partial charge is 0.372 e. The predicted octanol–water partition coefficient (Wildman–Crippen LogP) is 6.58. The van der Waals surface area contributed by atoms with Gasteiger partial charge in [-0.15, -0.1) is 0 Å². The van der Waals surface area contributed by atoms with Crippen molar-refractivity contribution in [3.8, 4) is 0 Å². The van der Waals surface area contributed by atoms with Crippen LogP contribution in [-0.4, -0.2) is 37.2 Å². The lowest BCUT2D eigenvalue weighted by Gasteiger charge is -2.28. The third-order valence-corrected chi connectivity index (χ3v) is 5.55. The minimum Gasteiger partial charge on any atom is -0.372 e. The number of ether oxygens (including phenoxy) is 1. The van der Waals surface area contributed by atoms with E-state index in [1.54, 1.807) is 0 Å². The molecule has 1 aliphatic rings. The van der Waals surface area contributed by atoms with E-state index in [0.717, 1.165) is 19.2 Å². The van der Waals surface area contributed by atoms with E-state index in [4.69, 9.17) is 4.74 Å². The summed E-state index contributed by atoms with van der Waals surface area (Å²) in [4.78, 5) is 2.60. The smallest absolute Gasteiger partial charge is 0.0936 e. The summed E-state index contributed by atoms with van der Waals surface area (Å²) in [6.45, 7) is 6.74. The Morgan fingerprint density at radius 2 is 1.17 bits per heavy atom. The van der Waals surface area contributed by atoms with Crippen LogP contribution in [0.4, 0.5) is 0 Å². The van der Waals surface area contributed by atoms with Gasteiger partial charge in [0.25, 0.3) is 0 Å². The molecular formula is C22H45NO. The van der Waals surface area contributed by atoms with Crippen LogP contribution in [0.2, 0.25) is 0 Å². The third-order valence-electron chi connectivity index (χ3n) is 5.55. The molecule has 1 saturated heterocycles. The summed E-state index contributed by atoms with van der Waals surface area (Å²) >= 11 is 0. The van der Waals surface area contributed by atoms with Gasteiger partial charge in [-0.3, -0.25) is 0 Å². The fourth-order valence-electron chi connectivity index (χ4n) is 3.73. The third kappa shape index (κ3) is 12.3. The van der Waals surface area contributed by atoms with Gasteiger partial charge in [-0.25, -0.2) is 0 Å². The summed E-state index contributed by atoms with van der Waals surface area (Å²) in [6, 6.07) is 0.788. The second-order valence-corrected chi connectivity index (χ2v) is 8.02. The Hall–Kier alpha value is -0.0800. The molecule has 0 saturated carbocycles. The highest BCUT2D eigenvalue weighted by Crippen LogP contribution is 2.20. The number of hydrogen-bond donors (Lipinski definition) is 0. The highest BCUT2D eigenvalue weighted by Gasteiger charge is 2.26. The minimum atomic E-state index is 0.538. The molecule has 0 aromatic heterocycles. The Morgan fingerprint density at radius 1 is 0.750 bits per heavy atom. The van der Waals surface area contributed by atoms with Crippen molar-refractivity contribution in [2.24, 2.45) is 0 Å². The molecule has 0 radical (unpaired) electrons. The summed E-state index contributed by atoms with van der Waals surface area (Å²) in [5.74, 6) is 0. The van der Waals surface area contributed by atoms with Gasteiger partial charge >= 0.3 is 0 Å². The average Bonchev–Trinajstić information content (AvgIpc) is 3.39. The van der Waals surface area contributed by atoms with E-state index in [2.05, 4.69) is 25.8 Å². The van der Waals surface area contributed by atoms with Crippen LogP contribution in [0.3, 0.4) is 0 Å². The van der Waals surface area contributed by atoms with Gasteiger partial charge in [0.05, 0.1) is 12.7 Å². The van der Waals surface area contributed by atoms with Crippen LogP contribution in [-0.2, 0) is 4.74 Å². The van der Waals surface area contributed by atoms with Crippen molar-refractivity contribution in [3.05, 3.63) is 0 Å². The Kier molecular flexibility index (Phi) is 13.9. The van der Waals surface area contributed by atoms with Crippen molar-refractivity contribution in [2.45, 2.75) is 122 Å². The van der Waals surface area contributed by atoms with Gasteiger partial charge in [0.15, 0.2) is 0 Å². The summed E-state index contributed by atoms with van der Waals surface area (Å²) in [6.07, 6.45) is 21.8. The van der Waals surface area contributed by atoms with E-state index in [9.17, 15) is 0 Å². The van der Waals surface area contributed by atoms with Crippen molar-refractivity contribution >= 4 is 0 Å². The Bertz CT molecular complexity index is 265. The van der Waals surface area contributed by atoms with Crippen LogP contribution in [0, 0.1) is 0 Å². The lowest BCUT2D eigenvalue weighted by molar-refractivity contribution is 0.191. The molecule has 0 aliphatic carbocycles. The molecule has 1 rings (SSSR count).